The molecule has 2 aromatic rings. The zero-order chi connectivity index (χ0) is 9.10. The van der Waals surface area contributed by atoms with E-state index < -0.39 is 0 Å². The van der Waals surface area contributed by atoms with Gasteiger partial charge in [0.15, 0.2) is 12.2 Å². The number of oxazole rings is 1. The average molecular weight is 238 g/mol. The molecule has 1 aromatic heterocycles. The van der Waals surface area contributed by atoms with Gasteiger partial charge in [-0.3, -0.25) is 0 Å². The second-order valence-corrected chi connectivity index (χ2v) is 3.19. The van der Waals surface area contributed by atoms with Gasteiger partial charge in [0, 0.05) is 10.9 Å². The van der Waals surface area contributed by atoms with E-state index in [-0.39, 0.29) is 0 Å². The van der Waals surface area contributed by atoms with E-state index in [4.69, 9.17) is 4.42 Å². The Labute approximate surface area is 84.7 Å². The van der Waals surface area contributed by atoms with Gasteiger partial charge in [0.25, 0.3) is 0 Å². The summed E-state index contributed by atoms with van der Waals surface area (Å²) in [5.74, 6) is 0.845. The lowest BCUT2D eigenvalue weighted by Gasteiger charge is -1.96. The van der Waals surface area contributed by atoms with Crippen LogP contribution in [0.3, 0.4) is 0 Å². The number of rotatable bonds is 2. The van der Waals surface area contributed by atoms with E-state index in [2.05, 4.69) is 20.9 Å². The molecule has 0 unspecified atom stereocenters. The van der Waals surface area contributed by atoms with Crippen LogP contribution in [0.2, 0.25) is 0 Å². The lowest BCUT2D eigenvalue weighted by Crippen LogP contribution is -1.81. The molecule has 1 heterocycles. The highest BCUT2D eigenvalue weighted by Crippen LogP contribution is 2.23. The van der Waals surface area contributed by atoms with Crippen molar-refractivity contribution in [1.29, 1.82) is 0 Å². The molecule has 0 radical (unpaired) electrons. The van der Waals surface area contributed by atoms with Crippen molar-refractivity contribution >= 4 is 15.9 Å². The Morgan fingerprint density at radius 1 is 1.23 bits per heavy atom. The van der Waals surface area contributed by atoms with Crippen molar-refractivity contribution in [1.82, 2.24) is 4.98 Å². The monoisotopic (exact) mass is 237 g/mol. The minimum absolute atomic E-state index is 0.716. The molecule has 0 saturated heterocycles. The van der Waals surface area contributed by atoms with Gasteiger partial charge in [-0.05, 0) is 0 Å². The Morgan fingerprint density at radius 3 is 2.69 bits per heavy atom. The first-order chi connectivity index (χ1) is 6.42. The minimum Gasteiger partial charge on any atom is -0.443 e. The van der Waals surface area contributed by atoms with Crippen molar-refractivity contribution in [3.8, 4) is 11.3 Å². The first-order valence-corrected chi connectivity index (χ1v) is 5.07. The number of hydrogen-bond acceptors (Lipinski definition) is 2. The quantitative estimate of drug-likeness (QED) is 0.750. The lowest BCUT2D eigenvalue weighted by atomic mass is 10.1. The van der Waals surface area contributed by atoms with E-state index in [1.807, 2.05) is 30.3 Å². The van der Waals surface area contributed by atoms with Crippen LogP contribution in [-0.2, 0) is 5.33 Å². The summed E-state index contributed by atoms with van der Waals surface area (Å²) in [6.07, 6.45) is 1.47. The fraction of sp³-hybridized carbons (Fsp3) is 0.100. The van der Waals surface area contributed by atoms with Crippen LogP contribution in [0, 0.1) is 0 Å². The van der Waals surface area contributed by atoms with E-state index in [1.54, 1.807) is 0 Å². The molecule has 0 atom stereocenters. The highest BCUT2D eigenvalue weighted by molar-refractivity contribution is 9.08. The Morgan fingerprint density at radius 2 is 2.00 bits per heavy atom. The molecular formula is C10H8BrNO. The summed E-state index contributed by atoms with van der Waals surface area (Å²) < 4.78 is 5.30. The van der Waals surface area contributed by atoms with E-state index in [1.165, 1.54) is 6.39 Å². The maximum absolute atomic E-state index is 5.30. The zero-order valence-corrected chi connectivity index (χ0v) is 8.49. The van der Waals surface area contributed by atoms with Crippen molar-refractivity contribution < 1.29 is 4.42 Å². The van der Waals surface area contributed by atoms with Crippen LogP contribution in [-0.4, -0.2) is 4.98 Å². The number of alkyl halides is 1. The van der Waals surface area contributed by atoms with Gasteiger partial charge in [-0.1, -0.05) is 46.3 Å². The van der Waals surface area contributed by atoms with Gasteiger partial charge in [0.2, 0.25) is 0 Å². The molecule has 66 valence electrons. The SMILES string of the molecule is BrCc1ncoc1-c1ccccc1. The highest BCUT2D eigenvalue weighted by Gasteiger charge is 2.07. The van der Waals surface area contributed by atoms with Gasteiger partial charge >= 0.3 is 0 Å². The predicted molar refractivity (Wildman–Crippen MR) is 54.6 cm³/mol. The van der Waals surface area contributed by atoms with Gasteiger partial charge in [0.05, 0.1) is 5.69 Å². The van der Waals surface area contributed by atoms with Gasteiger partial charge in [-0.2, -0.15) is 0 Å². The van der Waals surface area contributed by atoms with Crippen molar-refractivity contribution in [2.45, 2.75) is 5.33 Å². The molecule has 0 N–H and O–H groups in total. The van der Waals surface area contributed by atoms with Crippen LogP contribution in [0.25, 0.3) is 11.3 Å². The van der Waals surface area contributed by atoms with E-state index in [0.29, 0.717) is 5.33 Å². The van der Waals surface area contributed by atoms with Crippen LogP contribution >= 0.6 is 15.9 Å². The molecule has 0 spiro atoms. The summed E-state index contributed by atoms with van der Waals surface area (Å²) in [7, 11) is 0. The van der Waals surface area contributed by atoms with E-state index in [0.717, 1.165) is 17.0 Å². The molecule has 0 saturated carbocycles. The van der Waals surface area contributed by atoms with Crippen LogP contribution in [0.4, 0.5) is 0 Å². The second kappa shape index (κ2) is 3.75. The minimum atomic E-state index is 0.716. The molecule has 0 fully saturated rings. The van der Waals surface area contributed by atoms with Gasteiger partial charge in [-0.25, -0.2) is 4.98 Å². The Bertz CT molecular complexity index is 383. The Kier molecular flexibility index (Phi) is 2.45. The Hall–Kier alpha value is -1.09. The Balaban J connectivity index is 2.47. The summed E-state index contributed by atoms with van der Waals surface area (Å²) in [6.45, 7) is 0. The third kappa shape index (κ3) is 1.65. The molecule has 13 heavy (non-hydrogen) atoms. The van der Waals surface area contributed by atoms with Gasteiger partial charge in [0.1, 0.15) is 0 Å². The van der Waals surface area contributed by atoms with Crippen LogP contribution in [0.5, 0.6) is 0 Å². The maximum atomic E-state index is 5.30. The molecule has 2 rings (SSSR count). The van der Waals surface area contributed by atoms with Crippen LogP contribution < -0.4 is 0 Å². The summed E-state index contributed by atoms with van der Waals surface area (Å²) in [5.41, 5.74) is 2.00. The molecule has 0 aliphatic rings. The molecule has 3 heteroatoms. The molecule has 1 aromatic carbocycles. The average Bonchev–Trinajstić information content (AvgIpc) is 2.67. The summed E-state index contributed by atoms with van der Waals surface area (Å²) in [4.78, 5) is 4.10. The van der Waals surface area contributed by atoms with Gasteiger partial charge < -0.3 is 4.42 Å². The zero-order valence-electron chi connectivity index (χ0n) is 6.90. The molecule has 0 aliphatic heterocycles. The van der Waals surface area contributed by atoms with Gasteiger partial charge in [-0.15, -0.1) is 0 Å². The van der Waals surface area contributed by atoms with Crippen molar-refractivity contribution in [2.24, 2.45) is 0 Å². The van der Waals surface area contributed by atoms with Crippen molar-refractivity contribution in [3.05, 3.63) is 42.4 Å². The fourth-order valence-corrected chi connectivity index (χ4v) is 1.59. The number of halogens is 1. The van der Waals surface area contributed by atoms with E-state index >= 15 is 0 Å². The summed E-state index contributed by atoms with van der Waals surface area (Å²) in [5, 5.41) is 0.716. The topological polar surface area (TPSA) is 26.0 Å². The smallest absolute Gasteiger partial charge is 0.181 e. The summed E-state index contributed by atoms with van der Waals surface area (Å²) >= 11 is 3.36. The van der Waals surface area contributed by atoms with Crippen molar-refractivity contribution in [3.63, 3.8) is 0 Å². The molecule has 0 bridgehead atoms. The van der Waals surface area contributed by atoms with Crippen LogP contribution in [0.15, 0.2) is 41.1 Å². The first kappa shape index (κ1) is 8.51. The predicted octanol–water partition coefficient (Wildman–Crippen LogP) is 3.24. The third-order valence-electron chi connectivity index (χ3n) is 1.80. The standard InChI is InChI=1S/C10H8BrNO/c11-6-9-10(13-7-12-9)8-4-2-1-3-5-8/h1-5,7H,6H2. The number of hydrogen-bond donors (Lipinski definition) is 0. The molecular weight excluding hydrogens is 230 g/mol. The largest absolute Gasteiger partial charge is 0.443 e. The molecule has 0 aliphatic carbocycles. The van der Waals surface area contributed by atoms with Crippen molar-refractivity contribution in [2.75, 3.05) is 0 Å². The number of nitrogens with zero attached hydrogens (tertiary/aromatic N) is 1. The first-order valence-electron chi connectivity index (χ1n) is 3.95. The molecule has 0 amide bonds. The second-order valence-electron chi connectivity index (χ2n) is 2.63. The fourth-order valence-electron chi connectivity index (χ4n) is 1.19. The maximum Gasteiger partial charge on any atom is 0.181 e. The summed E-state index contributed by atoms with van der Waals surface area (Å²) in [6, 6.07) is 9.96. The third-order valence-corrected chi connectivity index (χ3v) is 2.33. The molecule has 2 nitrogen and oxygen atoms in total. The lowest BCUT2D eigenvalue weighted by molar-refractivity contribution is 0.571. The highest BCUT2D eigenvalue weighted by atomic mass is 79.9. The number of benzene rings is 1. The normalized spacial score (nSPS) is 10.2. The van der Waals surface area contributed by atoms with Crippen LogP contribution in [0.1, 0.15) is 5.69 Å². The van der Waals surface area contributed by atoms with E-state index in [9.17, 15) is 0 Å². The number of aromatic nitrogens is 1.